The Balaban J connectivity index is 4.64. The van der Waals surface area contributed by atoms with E-state index in [4.69, 9.17) is 5.11 Å². The van der Waals surface area contributed by atoms with E-state index in [1.165, 1.54) is 0 Å². The van der Waals surface area contributed by atoms with Gasteiger partial charge < -0.3 is 5.11 Å². The zero-order valence-corrected chi connectivity index (χ0v) is 11.6. The molecule has 0 radical (unpaired) electrons. The summed E-state index contributed by atoms with van der Waals surface area (Å²) in [6.45, 7) is 13.2. The quantitative estimate of drug-likeness (QED) is 0.631. The molecule has 17 heavy (non-hydrogen) atoms. The largest absolute Gasteiger partial charge is 0.480 e. The highest BCUT2D eigenvalue weighted by atomic mass is 16.4. The second kappa shape index (κ2) is 8.29. The van der Waals surface area contributed by atoms with E-state index in [2.05, 4.69) is 34.3 Å². The van der Waals surface area contributed by atoms with Gasteiger partial charge in [0.25, 0.3) is 0 Å². The third-order valence-corrected chi connectivity index (χ3v) is 2.71. The summed E-state index contributed by atoms with van der Waals surface area (Å²) in [6, 6.07) is 0.337. The van der Waals surface area contributed by atoms with Gasteiger partial charge >= 0.3 is 5.97 Å². The number of aliphatic carboxylic acids is 1. The highest BCUT2D eigenvalue weighted by Gasteiger charge is 2.21. The molecule has 0 atom stereocenters. The molecule has 0 amide bonds. The summed E-state index contributed by atoms with van der Waals surface area (Å²) >= 11 is 0. The number of carboxylic acid groups (broad SMARTS) is 1. The molecule has 0 spiro atoms. The lowest BCUT2D eigenvalue weighted by molar-refractivity contribution is -0.139. The minimum Gasteiger partial charge on any atom is -0.480 e. The number of hydrogen-bond donors (Lipinski definition) is 1. The molecule has 0 heterocycles. The van der Waals surface area contributed by atoms with E-state index in [0.29, 0.717) is 24.4 Å². The van der Waals surface area contributed by atoms with Crippen molar-refractivity contribution in [2.75, 3.05) is 13.1 Å². The van der Waals surface area contributed by atoms with Crippen LogP contribution in [0.3, 0.4) is 0 Å². The van der Waals surface area contributed by atoms with Crippen LogP contribution in [-0.2, 0) is 4.79 Å². The van der Waals surface area contributed by atoms with Crippen LogP contribution in [-0.4, -0.2) is 35.1 Å². The maximum atomic E-state index is 10.9. The molecule has 0 saturated heterocycles. The van der Waals surface area contributed by atoms with E-state index in [0.717, 1.165) is 12.8 Å². The average Bonchev–Trinajstić information content (AvgIpc) is 2.13. The topological polar surface area (TPSA) is 40.5 Å². The van der Waals surface area contributed by atoms with Gasteiger partial charge in [0.2, 0.25) is 0 Å². The zero-order chi connectivity index (χ0) is 13.4. The average molecular weight is 241 g/mol. The second-order valence-corrected chi connectivity index (χ2v) is 5.52. The smallest absolute Gasteiger partial charge is 0.317 e. The van der Waals surface area contributed by atoms with Gasteiger partial charge in [0.1, 0.15) is 0 Å². The third kappa shape index (κ3) is 7.97. The predicted octanol–water partition coefficient (Wildman–Crippen LogP) is 3.02. The summed E-state index contributed by atoms with van der Waals surface area (Å²) in [5, 5.41) is 8.95. The first-order valence-electron chi connectivity index (χ1n) is 6.43. The normalized spacial score (nSPS) is 11.8. The molecule has 0 bridgehead atoms. The van der Waals surface area contributed by atoms with E-state index in [9.17, 15) is 4.79 Å². The van der Waals surface area contributed by atoms with Crippen LogP contribution in [0, 0.1) is 11.8 Å². The standard InChI is InChI=1S/C14H27NO2/c1-6-7-15(10-14(16)17)13(8-11(2)3)9-12(4)5/h6,11-13H,1,7-10H2,2-5H3,(H,16,17). The van der Waals surface area contributed by atoms with Crippen LogP contribution in [0.5, 0.6) is 0 Å². The summed E-state index contributed by atoms with van der Waals surface area (Å²) < 4.78 is 0. The fraction of sp³-hybridized carbons (Fsp3) is 0.786. The fourth-order valence-electron chi connectivity index (χ4n) is 2.16. The molecule has 0 aromatic heterocycles. The van der Waals surface area contributed by atoms with Gasteiger partial charge in [-0.1, -0.05) is 33.8 Å². The van der Waals surface area contributed by atoms with E-state index in [1.807, 2.05) is 4.90 Å². The lowest BCUT2D eigenvalue weighted by atomic mass is 9.94. The molecule has 3 nitrogen and oxygen atoms in total. The van der Waals surface area contributed by atoms with Gasteiger partial charge in [0.05, 0.1) is 6.54 Å². The Bertz CT molecular complexity index is 226. The van der Waals surface area contributed by atoms with E-state index in [-0.39, 0.29) is 6.54 Å². The Labute approximate surface area is 106 Å². The molecule has 0 aliphatic carbocycles. The van der Waals surface area contributed by atoms with Crippen molar-refractivity contribution in [1.29, 1.82) is 0 Å². The Morgan fingerprint density at radius 3 is 2.00 bits per heavy atom. The van der Waals surface area contributed by atoms with Crippen molar-refractivity contribution in [3.63, 3.8) is 0 Å². The number of carboxylic acids is 1. The summed E-state index contributed by atoms with van der Waals surface area (Å²) in [6.07, 6.45) is 3.87. The SMILES string of the molecule is C=CCN(CC(=O)O)C(CC(C)C)CC(C)C. The van der Waals surface area contributed by atoms with E-state index >= 15 is 0 Å². The van der Waals surface area contributed by atoms with Crippen LogP contribution in [0.1, 0.15) is 40.5 Å². The summed E-state index contributed by atoms with van der Waals surface area (Å²) in [5.74, 6) is 0.407. The first-order chi connectivity index (χ1) is 7.86. The van der Waals surface area contributed by atoms with Crippen LogP contribution in [0.15, 0.2) is 12.7 Å². The number of nitrogens with zero attached hydrogens (tertiary/aromatic N) is 1. The Morgan fingerprint density at radius 2 is 1.71 bits per heavy atom. The molecule has 0 aromatic carbocycles. The highest BCUT2D eigenvalue weighted by molar-refractivity contribution is 5.69. The first kappa shape index (κ1) is 16.2. The molecule has 0 aliphatic rings. The van der Waals surface area contributed by atoms with Crippen molar-refractivity contribution < 1.29 is 9.90 Å². The van der Waals surface area contributed by atoms with Crippen LogP contribution in [0.4, 0.5) is 0 Å². The maximum Gasteiger partial charge on any atom is 0.317 e. The first-order valence-corrected chi connectivity index (χ1v) is 6.43. The van der Waals surface area contributed by atoms with Crippen LogP contribution < -0.4 is 0 Å². The van der Waals surface area contributed by atoms with E-state index < -0.39 is 5.97 Å². The van der Waals surface area contributed by atoms with Gasteiger partial charge in [-0.3, -0.25) is 9.69 Å². The minimum absolute atomic E-state index is 0.107. The highest BCUT2D eigenvalue weighted by Crippen LogP contribution is 2.19. The molecule has 1 N–H and O–H groups in total. The Morgan fingerprint density at radius 1 is 1.24 bits per heavy atom. The van der Waals surface area contributed by atoms with Crippen LogP contribution >= 0.6 is 0 Å². The molecule has 0 aromatic rings. The predicted molar refractivity (Wildman–Crippen MR) is 72.1 cm³/mol. The zero-order valence-electron chi connectivity index (χ0n) is 11.6. The molecule has 0 unspecified atom stereocenters. The number of rotatable bonds is 9. The number of carbonyl (C=O) groups is 1. The van der Waals surface area contributed by atoms with Crippen molar-refractivity contribution in [2.45, 2.75) is 46.6 Å². The fourth-order valence-corrected chi connectivity index (χ4v) is 2.16. The summed E-state index contributed by atoms with van der Waals surface area (Å²) in [7, 11) is 0. The van der Waals surface area contributed by atoms with Crippen LogP contribution in [0.25, 0.3) is 0 Å². The van der Waals surface area contributed by atoms with Gasteiger partial charge in [-0.15, -0.1) is 6.58 Å². The lowest BCUT2D eigenvalue weighted by Gasteiger charge is -2.32. The second-order valence-electron chi connectivity index (χ2n) is 5.52. The van der Waals surface area contributed by atoms with Gasteiger partial charge in [0.15, 0.2) is 0 Å². The van der Waals surface area contributed by atoms with Crippen molar-refractivity contribution in [3.8, 4) is 0 Å². The van der Waals surface area contributed by atoms with Crippen molar-refractivity contribution in [1.82, 2.24) is 4.90 Å². The maximum absolute atomic E-state index is 10.9. The monoisotopic (exact) mass is 241 g/mol. The molecular formula is C14H27NO2. The Hall–Kier alpha value is -0.830. The summed E-state index contributed by atoms with van der Waals surface area (Å²) in [4.78, 5) is 12.9. The van der Waals surface area contributed by atoms with Crippen molar-refractivity contribution in [3.05, 3.63) is 12.7 Å². The molecule has 0 aliphatic heterocycles. The summed E-state index contributed by atoms with van der Waals surface area (Å²) in [5.41, 5.74) is 0. The third-order valence-electron chi connectivity index (χ3n) is 2.71. The molecule has 0 saturated carbocycles. The molecule has 0 fully saturated rings. The Kier molecular flexibility index (Phi) is 7.88. The van der Waals surface area contributed by atoms with Gasteiger partial charge in [-0.2, -0.15) is 0 Å². The van der Waals surface area contributed by atoms with E-state index in [1.54, 1.807) is 6.08 Å². The molecule has 3 heteroatoms. The van der Waals surface area contributed by atoms with Crippen molar-refractivity contribution in [2.24, 2.45) is 11.8 Å². The lowest BCUT2D eigenvalue weighted by Crippen LogP contribution is -2.40. The van der Waals surface area contributed by atoms with Gasteiger partial charge in [-0.25, -0.2) is 0 Å². The molecule has 100 valence electrons. The van der Waals surface area contributed by atoms with Crippen LogP contribution in [0.2, 0.25) is 0 Å². The van der Waals surface area contributed by atoms with Crippen molar-refractivity contribution >= 4 is 5.97 Å². The number of hydrogen-bond acceptors (Lipinski definition) is 2. The minimum atomic E-state index is -0.760. The molecule has 0 rings (SSSR count). The van der Waals surface area contributed by atoms with Gasteiger partial charge in [0, 0.05) is 12.6 Å². The van der Waals surface area contributed by atoms with Gasteiger partial charge in [-0.05, 0) is 24.7 Å². The molecular weight excluding hydrogens is 214 g/mol.